The van der Waals surface area contributed by atoms with E-state index in [0.717, 1.165) is 13.0 Å². The number of hydrogen-bond donors (Lipinski definition) is 1. The summed E-state index contributed by atoms with van der Waals surface area (Å²) in [5.41, 5.74) is 2.70. The molecule has 1 aromatic rings. The molecule has 1 heteroatoms. The van der Waals surface area contributed by atoms with E-state index in [-0.39, 0.29) is 0 Å². The summed E-state index contributed by atoms with van der Waals surface area (Å²) in [5, 5.41) is 3.51. The van der Waals surface area contributed by atoms with Crippen molar-refractivity contribution in [1.29, 1.82) is 0 Å². The Hall–Kier alpha value is -1.08. The van der Waals surface area contributed by atoms with E-state index in [0.29, 0.717) is 6.04 Å². The molecule has 0 amide bonds. The maximum Gasteiger partial charge on any atom is 0.0291 e. The smallest absolute Gasteiger partial charge is 0.0291 e. The van der Waals surface area contributed by atoms with Crippen LogP contribution in [0.25, 0.3) is 0 Å². The largest absolute Gasteiger partial charge is 0.310 e. The predicted octanol–water partition coefficient (Wildman–Crippen LogP) is 3.61. The van der Waals surface area contributed by atoms with Crippen LogP contribution in [0.15, 0.2) is 36.9 Å². The van der Waals surface area contributed by atoms with Crippen molar-refractivity contribution in [2.45, 2.75) is 32.7 Å². The van der Waals surface area contributed by atoms with Crippen LogP contribution in [-0.4, -0.2) is 6.54 Å². The third kappa shape index (κ3) is 4.30. The highest BCUT2D eigenvalue weighted by atomic mass is 14.9. The Morgan fingerprint density at radius 2 is 2.27 bits per heavy atom. The minimum atomic E-state index is 0.440. The fourth-order valence-corrected chi connectivity index (χ4v) is 1.62. The van der Waals surface area contributed by atoms with Crippen molar-refractivity contribution in [2.75, 3.05) is 6.54 Å². The van der Waals surface area contributed by atoms with Crippen molar-refractivity contribution in [3.05, 3.63) is 48.0 Å². The van der Waals surface area contributed by atoms with Gasteiger partial charge in [0.05, 0.1) is 0 Å². The van der Waals surface area contributed by atoms with E-state index in [1.165, 1.54) is 17.5 Å². The predicted molar refractivity (Wildman–Crippen MR) is 67.0 cm³/mol. The van der Waals surface area contributed by atoms with Gasteiger partial charge in [-0.25, -0.2) is 0 Å². The van der Waals surface area contributed by atoms with E-state index in [9.17, 15) is 0 Å². The fourth-order valence-electron chi connectivity index (χ4n) is 1.62. The standard InChI is InChI=1S/C14H21N/c1-4-5-6-10-15-13(3)14-9-7-8-12(2)11-14/h4,7-9,11,13,15H,1,5-6,10H2,2-3H3/t13-/m0/s1. The summed E-state index contributed by atoms with van der Waals surface area (Å²) in [6, 6.07) is 9.11. The van der Waals surface area contributed by atoms with E-state index in [1.807, 2.05) is 6.08 Å². The highest BCUT2D eigenvalue weighted by molar-refractivity contribution is 5.24. The van der Waals surface area contributed by atoms with Gasteiger partial charge in [-0.2, -0.15) is 0 Å². The summed E-state index contributed by atoms with van der Waals surface area (Å²) < 4.78 is 0. The van der Waals surface area contributed by atoms with Gasteiger partial charge in [0.15, 0.2) is 0 Å². The monoisotopic (exact) mass is 203 g/mol. The van der Waals surface area contributed by atoms with E-state index < -0.39 is 0 Å². The lowest BCUT2D eigenvalue weighted by molar-refractivity contribution is 0.561. The van der Waals surface area contributed by atoms with Crippen LogP contribution in [-0.2, 0) is 0 Å². The molecule has 1 nitrogen and oxygen atoms in total. The van der Waals surface area contributed by atoms with Crippen molar-refractivity contribution in [3.63, 3.8) is 0 Å². The quantitative estimate of drug-likeness (QED) is 0.550. The lowest BCUT2D eigenvalue weighted by Crippen LogP contribution is -2.19. The molecule has 0 unspecified atom stereocenters. The first-order valence-electron chi connectivity index (χ1n) is 5.65. The molecule has 1 N–H and O–H groups in total. The highest BCUT2D eigenvalue weighted by Gasteiger charge is 2.03. The number of allylic oxidation sites excluding steroid dienone is 1. The molecule has 0 heterocycles. The Balaban J connectivity index is 2.39. The van der Waals surface area contributed by atoms with Crippen molar-refractivity contribution < 1.29 is 0 Å². The molecule has 0 radical (unpaired) electrons. The van der Waals surface area contributed by atoms with E-state index in [4.69, 9.17) is 0 Å². The van der Waals surface area contributed by atoms with Gasteiger partial charge in [0.1, 0.15) is 0 Å². The summed E-state index contributed by atoms with van der Waals surface area (Å²) in [5.74, 6) is 0. The molecule has 0 fully saturated rings. The molecule has 1 aromatic carbocycles. The lowest BCUT2D eigenvalue weighted by atomic mass is 10.1. The van der Waals surface area contributed by atoms with Crippen molar-refractivity contribution in [1.82, 2.24) is 5.32 Å². The Bertz CT molecular complexity index is 304. The molecule has 0 aliphatic rings. The molecule has 0 bridgehead atoms. The van der Waals surface area contributed by atoms with Gasteiger partial charge in [-0.1, -0.05) is 35.9 Å². The summed E-state index contributed by atoms with van der Waals surface area (Å²) in [4.78, 5) is 0. The van der Waals surface area contributed by atoms with E-state index >= 15 is 0 Å². The zero-order valence-electron chi connectivity index (χ0n) is 9.79. The van der Waals surface area contributed by atoms with Crippen LogP contribution in [0, 0.1) is 6.92 Å². The maximum atomic E-state index is 3.72. The minimum absolute atomic E-state index is 0.440. The average Bonchev–Trinajstić information content (AvgIpc) is 2.24. The first kappa shape index (κ1) is 12.0. The van der Waals surface area contributed by atoms with Crippen molar-refractivity contribution in [3.8, 4) is 0 Å². The molecule has 1 rings (SSSR count). The number of rotatable bonds is 6. The third-order valence-corrected chi connectivity index (χ3v) is 2.58. The Morgan fingerprint density at radius 3 is 2.93 bits per heavy atom. The SMILES string of the molecule is C=CCCCN[C@@H](C)c1cccc(C)c1. The average molecular weight is 203 g/mol. The maximum absolute atomic E-state index is 3.72. The van der Waals surface area contributed by atoms with E-state index in [2.05, 4.69) is 50.0 Å². The molecule has 0 saturated carbocycles. The van der Waals surface area contributed by atoms with Crippen LogP contribution in [0.2, 0.25) is 0 Å². The molecule has 82 valence electrons. The molecule has 0 spiro atoms. The third-order valence-electron chi connectivity index (χ3n) is 2.58. The first-order chi connectivity index (χ1) is 7.24. The number of aryl methyl sites for hydroxylation is 1. The molecule has 15 heavy (non-hydrogen) atoms. The number of unbranched alkanes of at least 4 members (excludes halogenated alkanes) is 1. The van der Waals surface area contributed by atoms with Gasteiger partial charge >= 0.3 is 0 Å². The van der Waals surface area contributed by atoms with Crippen LogP contribution < -0.4 is 5.32 Å². The van der Waals surface area contributed by atoms with Crippen LogP contribution in [0.5, 0.6) is 0 Å². The second-order valence-corrected chi connectivity index (χ2v) is 4.02. The second-order valence-electron chi connectivity index (χ2n) is 4.02. The van der Waals surface area contributed by atoms with Gasteiger partial charge in [-0.3, -0.25) is 0 Å². The van der Waals surface area contributed by atoms with Gasteiger partial charge < -0.3 is 5.32 Å². The Kier molecular flexibility index (Phi) is 5.13. The fraction of sp³-hybridized carbons (Fsp3) is 0.429. The first-order valence-corrected chi connectivity index (χ1v) is 5.65. The van der Waals surface area contributed by atoms with Crippen molar-refractivity contribution in [2.24, 2.45) is 0 Å². The number of nitrogens with one attached hydrogen (secondary N) is 1. The molecule has 0 aliphatic heterocycles. The van der Waals surface area contributed by atoms with Crippen LogP contribution in [0.3, 0.4) is 0 Å². The zero-order valence-corrected chi connectivity index (χ0v) is 9.79. The van der Waals surface area contributed by atoms with Crippen LogP contribution in [0.4, 0.5) is 0 Å². The lowest BCUT2D eigenvalue weighted by Gasteiger charge is -2.14. The van der Waals surface area contributed by atoms with Gasteiger partial charge in [0, 0.05) is 6.04 Å². The molecular weight excluding hydrogens is 182 g/mol. The minimum Gasteiger partial charge on any atom is -0.310 e. The Morgan fingerprint density at radius 1 is 1.47 bits per heavy atom. The second kappa shape index (κ2) is 6.41. The number of benzene rings is 1. The normalized spacial score (nSPS) is 12.4. The molecule has 0 aromatic heterocycles. The molecule has 0 saturated heterocycles. The summed E-state index contributed by atoms with van der Waals surface area (Å²) >= 11 is 0. The highest BCUT2D eigenvalue weighted by Crippen LogP contribution is 2.13. The van der Waals surface area contributed by atoms with Gasteiger partial charge in [0.2, 0.25) is 0 Å². The van der Waals surface area contributed by atoms with Crippen LogP contribution >= 0.6 is 0 Å². The van der Waals surface area contributed by atoms with E-state index in [1.54, 1.807) is 0 Å². The summed E-state index contributed by atoms with van der Waals surface area (Å²) in [7, 11) is 0. The topological polar surface area (TPSA) is 12.0 Å². The van der Waals surface area contributed by atoms with Gasteiger partial charge in [0.25, 0.3) is 0 Å². The summed E-state index contributed by atoms with van der Waals surface area (Å²) in [6.45, 7) is 9.12. The number of hydrogen-bond acceptors (Lipinski definition) is 1. The summed E-state index contributed by atoms with van der Waals surface area (Å²) in [6.07, 6.45) is 4.23. The molecule has 0 aliphatic carbocycles. The zero-order chi connectivity index (χ0) is 11.1. The van der Waals surface area contributed by atoms with Crippen LogP contribution in [0.1, 0.15) is 36.9 Å². The Labute approximate surface area is 93.2 Å². The molecule has 1 atom stereocenters. The molecular formula is C14H21N. The van der Waals surface area contributed by atoms with Gasteiger partial charge in [-0.15, -0.1) is 6.58 Å². The van der Waals surface area contributed by atoms with Gasteiger partial charge in [-0.05, 0) is 38.8 Å². The van der Waals surface area contributed by atoms with Crippen molar-refractivity contribution >= 4 is 0 Å².